The molecule has 0 aliphatic heterocycles. The second kappa shape index (κ2) is 8.82. The van der Waals surface area contributed by atoms with Crippen LogP contribution >= 0.6 is 0 Å². The number of rotatable bonds is 8. The van der Waals surface area contributed by atoms with Gasteiger partial charge < -0.3 is 20.3 Å². The number of anilines is 3. The highest BCUT2D eigenvalue weighted by Crippen LogP contribution is 2.17. The molecule has 0 aromatic heterocycles. The van der Waals surface area contributed by atoms with E-state index in [-0.39, 0.29) is 5.91 Å². The van der Waals surface area contributed by atoms with Crippen molar-refractivity contribution in [3.8, 4) is 5.75 Å². The molecule has 0 unspecified atom stereocenters. The standard InChI is InChI=1S/C19H25N3O2/c1-4-24-18-11-7-15(8-12-18)20-14-13-19(23)21-16-5-9-17(10-6-16)22(2)3/h5-12,20H,4,13-14H2,1-3H3,(H,21,23). The van der Waals surface area contributed by atoms with E-state index in [2.05, 4.69) is 10.6 Å². The Kier molecular flexibility index (Phi) is 6.49. The molecule has 0 bridgehead atoms. The summed E-state index contributed by atoms with van der Waals surface area (Å²) in [5.74, 6) is 0.841. The summed E-state index contributed by atoms with van der Waals surface area (Å²) < 4.78 is 5.40. The Balaban J connectivity index is 1.74. The molecule has 2 aromatic carbocycles. The topological polar surface area (TPSA) is 53.6 Å². The zero-order valence-corrected chi connectivity index (χ0v) is 14.5. The molecule has 0 heterocycles. The molecule has 0 spiro atoms. The Labute approximate surface area is 143 Å². The molecule has 24 heavy (non-hydrogen) atoms. The van der Waals surface area contributed by atoms with Crippen molar-refractivity contribution >= 4 is 23.0 Å². The number of amides is 1. The number of ether oxygens (including phenoxy) is 1. The Morgan fingerprint density at radius 2 is 1.62 bits per heavy atom. The molecule has 0 fully saturated rings. The number of carbonyl (C=O) groups is 1. The van der Waals surface area contributed by atoms with Crippen LogP contribution in [0, 0.1) is 0 Å². The van der Waals surface area contributed by atoms with Crippen LogP contribution in [0.3, 0.4) is 0 Å². The maximum Gasteiger partial charge on any atom is 0.226 e. The van der Waals surface area contributed by atoms with Gasteiger partial charge in [-0.3, -0.25) is 4.79 Å². The molecule has 1 amide bonds. The van der Waals surface area contributed by atoms with Crippen LogP contribution in [0.4, 0.5) is 17.1 Å². The molecule has 0 radical (unpaired) electrons. The molecule has 5 heteroatoms. The minimum atomic E-state index is -0.00830. The van der Waals surface area contributed by atoms with Gasteiger partial charge >= 0.3 is 0 Å². The highest BCUT2D eigenvalue weighted by Gasteiger charge is 2.03. The summed E-state index contributed by atoms with van der Waals surface area (Å²) in [6.45, 7) is 3.19. The van der Waals surface area contributed by atoms with E-state index in [0.717, 1.165) is 22.8 Å². The summed E-state index contributed by atoms with van der Waals surface area (Å²) in [4.78, 5) is 14.0. The number of nitrogens with zero attached hydrogens (tertiary/aromatic N) is 1. The Morgan fingerprint density at radius 3 is 2.21 bits per heavy atom. The molecule has 0 aliphatic carbocycles. The minimum Gasteiger partial charge on any atom is -0.494 e. The molecule has 2 aromatic rings. The van der Waals surface area contributed by atoms with Crippen LogP contribution in [-0.4, -0.2) is 33.2 Å². The third kappa shape index (κ3) is 5.50. The van der Waals surface area contributed by atoms with Crippen LogP contribution in [0.25, 0.3) is 0 Å². The van der Waals surface area contributed by atoms with Gasteiger partial charge in [-0.15, -0.1) is 0 Å². The largest absolute Gasteiger partial charge is 0.494 e. The van der Waals surface area contributed by atoms with Gasteiger partial charge in [-0.05, 0) is 55.5 Å². The normalized spacial score (nSPS) is 10.1. The van der Waals surface area contributed by atoms with Crippen molar-refractivity contribution in [1.29, 1.82) is 0 Å². The van der Waals surface area contributed by atoms with Crippen LogP contribution in [0.1, 0.15) is 13.3 Å². The highest BCUT2D eigenvalue weighted by atomic mass is 16.5. The first-order valence-corrected chi connectivity index (χ1v) is 8.12. The summed E-state index contributed by atoms with van der Waals surface area (Å²) in [7, 11) is 3.97. The maximum atomic E-state index is 12.0. The third-order valence-corrected chi connectivity index (χ3v) is 3.51. The molecule has 0 aliphatic rings. The number of nitrogens with one attached hydrogen (secondary N) is 2. The smallest absolute Gasteiger partial charge is 0.226 e. The molecular formula is C19H25N3O2. The van der Waals surface area contributed by atoms with Crippen LogP contribution in [0.15, 0.2) is 48.5 Å². The number of carbonyl (C=O) groups excluding carboxylic acids is 1. The molecule has 128 valence electrons. The number of hydrogen-bond acceptors (Lipinski definition) is 4. The van der Waals surface area contributed by atoms with E-state index >= 15 is 0 Å². The average Bonchev–Trinajstić information content (AvgIpc) is 2.57. The molecule has 5 nitrogen and oxygen atoms in total. The lowest BCUT2D eigenvalue weighted by Crippen LogP contribution is -2.16. The lowest BCUT2D eigenvalue weighted by molar-refractivity contribution is -0.115. The van der Waals surface area contributed by atoms with E-state index in [0.29, 0.717) is 19.6 Å². The van der Waals surface area contributed by atoms with Gasteiger partial charge in [-0.1, -0.05) is 0 Å². The van der Waals surface area contributed by atoms with Gasteiger partial charge in [0.05, 0.1) is 6.61 Å². The van der Waals surface area contributed by atoms with Crippen LogP contribution in [0.2, 0.25) is 0 Å². The molecular weight excluding hydrogens is 302 g/mol. The van der Waals surface area contributed by atoms with Gasteiger partial charge in [0.2, 0.25) is 5.91 Å². The summed E-state index contributed by atoms with van der Waals surface area (Å²) in [5, 5.41) is 6.13. The van der Waals surface area contributed by atoms with Crippen molar-refractivity contribution in [3.05, 3.63) is 48.5 Å². The van der Waals surface area contributed by atoms with Crippen molar-refractivity contribution in [1.82, 2.24) is 0 Å². The predicted molar refractivity (Wildman–Crippen MR) is 100 cm³/mol. The predicted octanol–water partition coefficient (Wildman–Crippen LogP) is 3.59. The summed E-state index contributed by atoms with van der Waals surface area (Å²) in [6.07, 6.45) is 0.405. The Bertz CT molecular complexity index is 637. The zero-order chi connectivity index (χ0) is 17.4. The first-order chi connectivity index (χ1) is 11.6. The first kappa shape index (κ1) is 17.7. The van der Waals surface area contributed by atoms with Gasteiger partial charge in [-0.2, -0.15) is 0 Å². The van der Waals surface area contributed by atoms with Gasteiger partial charge in [0.15, 0.2) is 0 Å². The molecule has 0 atom stereocenters. The van der Waals surface area contributed by atoms with Crippen molar-refractivity contribution in [2.75, 3.05) is 42.8 Å². The van der Waals surface area contributed by atoms with E-state index in [1.54, 1.807) is 0 Å². The fourth-order valence-electron chi connectivity index (χ4n) is 2.22. The van der Waals surface area contributed by atoms with E-state index in [1.165, 1.54) is 0 Å². The van der Waals surface area contributed by atoms with Crippen LogP contribution in [0.5, 0.6) is 5.75 Å². The van der Waals surface area contributed by atoms with Gasteiger partial charge in [0, 0.05) is 44.1 Å². The second-order valence-corrected chi connectivity index (χ2v) is 5.62. The van der Waals surface area contributed by atoms with Crippen molar-refractivity contribution in [2.45, 2.75) is 13.3 Å². The van der Waals surface area contributed by atoms with Crippen LogP contribution in [-0.2, 0) is 4.79 Å². The molecule has 2 rings (SSSR count). The van der Waals surface area contributed by atoms with Crippen molar-refractivity contribution < 1.29 is 9.53 Å². The fourth-order valence-corrected chi connectivity index (χ4v) is 2.22. The van der Waals surface area contributed by atoms with Crippen LogP contribution < -0.4 is 20.3 Å². The maximum absolute atomic E-state index is 12.0. The molecule has 0 saturated carbocycles. The fraction of sp³-hybridized carbons (Fsp3) is 0.316. The van der Waals surface area contributed by atoms with Gasteiger partial charge in [0.1, 0.15) is 5.75 Å². The van der Waals surface area contributed by atoms with E-state index in [9.17, 15) is 4.79 Å². The van der Waals surface area contributed by atoms with E-state index in [1.807, 2.05) is 74.4 Å². The summed E-state index contributed by atoms with van der Waals surface area (Å²) in [5.41, 5.74) is 2.89. The summed E-state index contributed by atoms with van der Waals surface area (Å²) >= 11 is 0. The van der Waals surface area contributed by atoms with Crippen molar-refractivity contribution in [2.24, 2.45) is 0 Å². The highest BCUT2D eigenvalue weighted by molar-refractivity contribution is 5.91. The first-order valence-electron chi connectivity index (χ1n) is 8.12. The lowest BCUT2D eigenvalue weighted by atomic mass is 10.2. The lowest BCUT2D eigenvalue weighted by Gasteiger charge is -2.13. The van der Waals surface area contributed by atoms with Gasteiger partial charge in [-0.25, -0.2) is 0 Å². The monoisotopic (exact) mass is 327 g/mol. The quantitative estimate of drug-likeness (QED) is 0.778. The van der Waals surface area contributed by atoms with Crippen molar-refractivity contribution in [3.63, 3.8) is 0 Å². The Hall–Kier alpha value is -2.69. The number of hydrogen-bond donors (Lipinski definition) is 2. The zero-order valence-electron chi connectivity index (χ0n) is 14.5. The average molecular weight is 327 g/mol. The number of benzene rings is 2. The van der Waals surface area contributed by atoms with Gasteiger partial charge in [0.25, 0.3) is 0 Å². The second-order valence-electron chi connectivity index (χ2n) is 5.62. The van der Waals surface area contributed by atoms with E-state index < -0.39 is 0 Å². The molecule has 0 saturated heterocycles. The molecule has 2 N–H and O–H groups in total. The van der Waals surface area contributed by atoms with E-state index in [4.69, 9.17) is 4.74 Å². The SMILES string of the molecule is CCOc1ccc(NCCC(=O)Nc2ccc(N(C)C)cc2)cc1. The Morgan fingerprint density at radius 1 is 1.00 bits per heavy atom. The third-order valence-electron chi connectivity index (χ3n) is 3.51. The summed E-state index contributed by atoms with van der Waals surface area (Å²) in [6, 6.07) is 15.5. The minimum absolute atomic E-state index is 0.00830.